The van der Waals surface area contributed by atoms with E-state index >= 15 is 0 Å². The molecule has 2 atom stereocenters. The maximum Gasteiger partial charge on any atom is 0.332 e. The molecule has 0 aliphatic heterocycles. The minimum Gasteiger partial charge on any atom is -0.467 e. The fourth-order valence-electron chi connectivity index (χ4n) is 4.75. The fraction of sp³-hybridized carbons (Fsp3) is 0.545. The van der Waals surface area contributed by atoms with Crippen molar-refractivity contribution in [3.05, 3.63) is 34.4 Å². The fourth-order valence-corrected chi connectivity index (χ4v) is 4.75. The van der Waals surface area contributed by atoms with Gasteiger partial charge in [0.2, 0.25) is 11.8 Å². The molecule has 0 aromatic heterocycles. The van der Waals surface area contributed by atoms with Crippen LogP contribution in [0.2, 0.25) is 0 Å². The number of benzene rings is 1. The highest BCUT2D eigenvalue weighted by molar-refractivity contribution is 5.90. The number of rotatable bonds is 5. The molecule has 0 heterocycles. The van der Waals surface area contributed by atoms with Gasteiger partial charge in [0.1, 0.15) is 11.1 Å². The number of methoxy groups -OCH3 is 1. The van der Waals surface area contributed by atoms with Gasteiger partial charge in [-0.05, 0) is 42.0 Å². The molecule has 2 aliphatic carbocycles. The van der Waals surface area contributed by atoms with Crippen LogP contribution < -0.4 is 10.6 Å². The van der Waals surface area contributed by atoms with Crippen LogP contribution in [0.4, 0.5) is 0 Å². The van der Waals surface area contributed by atoms with Crippen LogP contribution in [0.1, 0.15) is 49.4 Å². The maximum atomic E-state index is 12.7. The first-order chi connectivity index (χ1) is 14.1. The van der Waals surface area contributed by atoms with E-state index in [0.29, 0.717) is 32.1 Å². The standard InChI is InChI=1S/C22H28N2O6/c1-5-30-20(28)22(24-14(3)26)11-17-8-15-6-7-21(19(27)29-4,23-13(2)25)10-16(15)9-18(17)12-22/h8-9H,5-7,10-12H2,1-4H3,(H,23,25)(H,24,26). The van der Waals surface area contributed by atoms with Crippen LogP contribution in [0.5, 0.6) is 0 Å². The molecule has 30 heavy (non-hydrogen) atoms. The van der Waals surface area contributed by atoms with Crippen LogP contribution in [0.15, 0.2) is 12.1 Å². The smallest absolute Gasteiger partial charge is 0.332 e. The van der Waals surface area contributed by atoms with E-state index in [2.05, 4.69) is 10.6 Å². The van der Waals surface area contributed by atoms with Gasteiger partial charge in [0.05, 0.1) is 13.7 Å². The van der Waals surface area contributed by atoms with Gasteiger partial charge in [-0.15, -0.1) is 0 Å². The number of carbonyl (C=O) groups excluding carboxylic acids is 4. The molecule has 2 N–H and O–H groups in total. The molecule has 3 rings (SSSR count). The predicted molar refractivity (Wildman–Crippen MR) is 108 cm³/mol. The summed E-state index contributed by atoms with van der Waals surface area (Å²) in [6.07, 6.45) is 2.01. The van der Waals surface area contributed by atoms with E-state index in [4.69, 9.17) is 9.47 Å². The molecule has 1 aromatic rings. The minimum atomic E-state index is -1.12. The molecule has 2 amide bonds. The number of fused-ring (bicyclic) bond motifs is 2. The zero-order chi connectivity index (χ0) is 22.1. The largest absolute Gasteiger partial charge is 0.467 e. The molecule has 0 fully saturated rings. The summed E-state index contributed by atoms with van der Waals surface area (Å²) in [5.41, 5.74) is 1.70. The SMILES string of the molecule is CCOC(=O)C1(NC(C)=O)Cc2cc3c(cc2C1)CC(NC(C)=O)(C(=O)OC)CC3. The molecule has 0 saturated heterocycles. The average Bonchev–Trinajstić information content (AvgIpc) is 3.02. The number of nitrogens with one attached hydrogen (secondary N) is 2. The van der Waals surface area contributed by atoms with Crippen LogP contribution in [-0.4, -0.2) is 48.5 Å². The Hall–Kier alpha value is -2.90. The Labute approximate surface area is 175 Å². The number of amides is 2. The van der Waals surface area contributed by atoms with E-state index in [1.54, 1.807) is 6.92 Å². The first-order valence-corrected chi connectivity index (χ1v) is 10.1. The van der Waals surface area contributed by atoms with Crippen molar-refractivity contribution >= 4 is 23.8 Å². The molecule has 1 aromatic carbocycles. The second-order valence-corrected chi connectivity index (χ2v) is 8.16. The van der Waals surface area contributed by atoms with Crippen molar-refractivity contribution < 1.29 is 28.7 Å². The maximum absolute atomic E-state index is 12.7. The summed E-state index contributed by atoms with van der Waals surface area (Å²) < 4.78 is 10.2. The number of carbonyl (C=O) groups is 4. The van der Waals surface area contributed by atoms with Crippen LogP contribution >= 0.6 is 0 Å². The van der Waals surface area contributed by atoms with E-state index in [-0.39, 0.29) is 18.4 Å². The molecule has 8 nitrogen and oxygen atoms in total. The van der Waals surface area contributed by atoms with Crippen molar-refractivity contribution in [1.29, 1.82) is 0 Å². The molecule has 8 heteroatoms. The van der Waals surface area contributed by atoms with E-state index in [9.17, 15) is 19.2 Å². The third-order valence-electron chi connectivity index (χ3n) is 5.89. The van der Waals surface area contributed by atoms with E-state index < -0.39 is 23.0 Å². The molecule has 2 unspecified atom stereocenters. The van der Waals surface area contributed by atoms with Gasteiger partial charge in [-0.1, -0.05) is 12.1 Å². The van der Waals surface area contributed by atoms with Crippen LogP contribution in [-0.2, 0) is 54.3 Å². The molecular formula is C22H28N2O6. The number of hydrogen-bond donors (Lipinski definition) is 2. The third-order valence-corrected chi connectivity index (χ3v) is 5.89. The number of ether oxygens (including phenoxy) is 2. The van der Waals surface area contributed by atoms with E-state index in [1.165, 1.54) is 21.0 Å². The van der Waals surface area contributed by atoms with Crippen molar-refractivity contribution in [2.45, 2.75) is 64.0 Å². The lowest BCUT2D eigenvalue weighted by Gasteiger charge is -2.36. The molecule has 162 valence electrons. The van der Waals surface area contributed by atoms with Gasteiger partial charge in [0.25, 0.3) is 0 Å². The summed E-state index contributed by atoms with van der Waals surface area (Å²) in [7, 11) is 1.31. The van der Waals surface area contributed by atoms with E-state index in [0.717, 1.165) is 22.3 Å². The van der Waals surface area contributed by atoms with Gasteiger partial charge in [-0.25, -0.2) is 9.59 Å². The lowest BCUT2D eigenvalue weighted by atomic mass is 9.76. The summed E-state index contributed by atoms with van der Waals surface area (Å²) in [6.45, 7) is 4.72. The van der Waals surface area contributed by atoms with Gasteiger partial charge in [-0.2, -0.15) is 0 Å². The zero-order valence-electron chi connectivity index (χ0n) is 17.8. The van der Waals surface area contributed by atoms with Gasteiger partial charge in [-0.3, -0.25) is 9.59 Å². The van der Waals surface area contributed by atoms with Crippen molar-refractivity contribution in [2.75, 3.05) is 13.7 Å². The Balaban J connectivity index is 1.96. The van der Waals surface area contributed by atoms with Crippen molar-refractivity contribution in [3.8, 4) is 0 Å². The first-order valence-electron chi connectivity index (χ1n) is 10.1. The molecule has 0 bridgehead atoms. The van der Waals surface area contributed by atoms with Crippen LogP contribution in [0.3, 0.4) is 0 Å². The normalized spacial score (nSPS) is 24.3. The lowest BCUT2D eigenvalue weighted by Crippen LogP contribution is -2.57. The highest BCUT2D eigenvalue weighted by Crippen LogP contribution is 2.38. The van der Waals surface area contributed by atoms with Crippen molar-refractivity contribution in [3.63, 3.8) is 0 Å². The number of esters is 2. The van der Waals surface area contributed by atoms with Gasteiger partial charge < -0.3 is 20.1 Å². The highest BCUT2D eigenvalue weighted by atomic mass is 16.5. The zero-order valence-corrected chi connectivity index (χ0v) is 17.8. The summed E-state index contributed by atoms with van der Waals surface area (Å²) in [6, 6.07) is 4.02. The van der Waals surface area contributed by atoms with Gasteiger partial charge in [0.15, 0.2) is 0 Å². The Morgan fingerprint density at radius 2 is 1.37 bits per heavy atom. The summed E-state index contributed by atoms with van der Waals surface area (Å²) >= 11 is 0. The Kier molecular flexibility index (Phi) is 5.87. The Morgan fingerprint density at radius 3 is 1.90 bits per heavy atom. The monoisotopic (exact) mass is 416 g/mol. The molecular weight excluding hydrogens is 388 g/mol. The Morgan fingerprint density at radius 1 is 0.867 bits per heavy atom. The molecule has 0 spiro atoms. The van der Waals surface area contributed by atoms with Crippen LogP contribution in [0, 0.1) is 0 Å². The molecule has 2 aliphatic rings. The number of aryl methyl sites for hydroxylation is 1. The second kappa shape index (κ2) is 8.08. The molecule has 0 radical (unpaired) electrons. The van der Waals surface area contributed by atoms with Gasteiger partial charge >= 0.3 is 11.9 Å². The summed E-state index contributed by atoms with van der Waals surface area (Å²) in [5.74, 6) is -1.51. The average molecular weight is 416 g/mol. The summed E-state index contributed by atoms with van der Waals surface area (Å²) in [5, 5.41) is 5.59. The molecule has 0 saturated carbocycles. The predicted octanol–water partition coefficient (Wildman–Crippen LogP) is 0.760. The first kappa shape index (κ1) is 21.8. The second-order valence-electron chi connectivity index (χ2n) is 8.16. The van der Waals surface area contributed by atoms with E-state index in [1.807, 2.05) is 12.1 Å². The summed E-state index contributed by atoms with van der Waals surface area (Å²) in [4.78, 5) is 48.8. The number of hydrogen-bond acceptors (Lipinski definition) is 6. The minimum absolute atomic E-state index is 0.228. The van der Waals surface area contributed by atoms with Crippen molar-refractivity contribution in [2.24, 2.45) is 0 Å². The lowest BCUT2D eigenvalue weighted by molar-refractivity contribution is -0.152. The highest BCUT2D eigenvalue weighted by Gasteiger charge is 2.48. The topological polar surface area (TPSA) is 111 Å². The van der Waals surface area contributed by atoms with Crippen LogP contribution in [0.25, 0.3) is 0 Å². The quantitative estimate of drug-likeness (QED) is 0.686. The third kappa shape index (κ3) is 3.91. The van der Waals surface area contributed by atoms with Gasteiger partial charge in [0, 0.05) is 33.1 Å². The van der Waals surface area contributed by atoms with Crippen molar-refractivity contribution in [1.82, 2.24) is 10.6 Å². The Bertz CT molecular complexity index is 911.